The standard InChI is InChI=1S/C16H22N4O3/c1-12-14(20-6-3-4-13(22-2)15(20)18-12)16(21)17-5-7-19-8-10-23-11-9-19/h3-4,6H,5,7-11H2,1-2H3,(H,17,21). The summed E-state index contributed by atoms with van der Waals surface area (Å²) in [5, 5.41) is 2.98. The normalized spacial score (nSPS) is 15.7. The van der Waals surface area contributed by atoms with Gasteiger partial charge in [-0.3, -0.25) is 14.1 Å². The van der Waals surface area contributed by atoms with Gasteiger partial charge in [0.05, 0.1) is 26.0 Å². The SMILES string of the molecule is COc1cccn2c(C(=O)NCCN3CCOCC3)c(C)nc12. The summed E-state index contributed by atoms with van der Waals surface area (Å²) in [5.74, 6) is 0.541. The Morgan fingerprint density at radius 3 is 2.96 bits per heavy atom. The summed E-state index contributed by atoms with van der Waals surface area (Å²) in [6, 6.07) is 3.68. The Morgan fingerprint density at radius 1 is 1.43 bits per heavy atom. The lowest BCUT2D eigenvalue weighted by atomic mass is 10.3. The van der Waals surface area contributed by atoms with Crippen LogP contribution in [-0.2, 0) is 4.74 Å². The number of rotatable bonds is 5. The molecule has 0 saturated carbocycles. The summed E-state index contributed by atoms with van der Waals surface area (Å²) in [6.07, 6.45) is 1.83. The first kappa shape index (κ1) is 15.8. The van der Waals surface area contributed by atoms with E-state index in [1.807, 2.05) is 25.3 Å². The Morgan fingerprint density at radius 2 is 2.22 bits per heavy atom. The first-order valence-electron chi connectivity index (χ1n) is 7.80. The minimum Gasteiger partial charge on any atom is -0.493 e. The highest BCUT2D eigenvalue weighted by atomic mass is 16.5. The molecule has 0 unspecified atom stereocenters. The zero-order valence-electron chi connectivity index (χ0n) is 13.5. The summed E-state index contributed by atoms with van der Waals surface area (Å²) in [6.45, 7) is 6.64. The van der Waals surface area contributed by atoms with E-state index in [-0.39, 0.29) is 5.91 Å². The molecule has 3 heterocycles. The molecule has 0 atom stereocenters. The Bertz CT molecular complexity index is 692. The number of ether oxygens (including phenoxy) is 2. The van der Waals surface area contributed by atoms with Gasteiger partial charge in [0.1, 0.15) is 5.69 Å². The molecule has 0 aliphatic carbocycles. The van der Waals surface area contributed by atoms with Crippen molar-refractivity contribution in [3.05, 3.63) is 29.7 Å². The third-order valence-electron chi connectivity index (χ3n) is 4.04. The van der Waals surface area contributed by atoms with E-state index in [1.54, 1.807) is 11.5 Å². The van der Waals surface area contributed by atoms with Crippen LogP contribution >= 0.6 is 0 Å². The van der Waals surface area contributed by atoms with Crippen LogP contribution in [0.15, 0.2) is 18.3 Å². The van der Waals surface area contributed by atoms with Crippen molar-refractivity contribution in [1.82, 2.24) is 19.6 Å². The van der Waals surface area contributed by atoms with Crippen LogP contribution in [0.25, 0.3) is 5.65 Å². The number of fused-ring (bicyclic) bond motifs is 1. The molecule has 7 nitrogen and oxygen atoms in total. The number of methoxy groups -OCH3 is 1. The van der Waals surface area contributed by atoms with Gasteiger partial charge < -0.3 is 14.8 Å². The molecule has 3 rings (SSSR count). The van der Waals surface area contributed by atoms with Gasteiger partial charge in [0, 0.05) is 32.4 Å². The molecule has 0 spiro atoms. The molecular formula is C16H22N4O3. The number of pyridine rings is 1. The lowest BCUT2D eigenvalue weighted by molar-refractivity contribution is 0.0383. The van der Waals surface area contributed by atoms with E-state index in [9.17, 15) is 4.79 Å². The van der Waals surface area contributed by atoms with Crippen LogP contribution in [-0.4, -0.2) is 66.7 Å². The van der Waals surface area contributed by atoms with E-state index in [4.69, 9.17) is 9.47 Å². The fourth-order valence-corrected chi connectivity index (χ4v) is 2.82. The van der Waals surface area contributed by atoms with Gasteiger partial charge in [0.2, 0.25) is 0 Å². The number of carbonyl (C=O) groups is 1. The van der Waals surface area contributed by atoms with Crippen LogP contribution < -0.4 is 10.1 Å². The third-order valence-corrected chi connectivity index (χ3v) is 4.04. The van der Waals surface area contributed by atoms with E-state index in [2.05, 4.69) is 15.2 Å². The smallest absolute Gasteiger partial charge is 0.270 e. The first-order valence-corrected chi connectivity index (χ1v) is 7.80. The largest absolute Gasteiger partial charge is 0.493 e. The van der Waals surface area contributed by atoms with Crippen LogP contribution in [0.1, 0.15) is 16.2 Å². The van der Waals surface area contributed by atoms with Crippen molar-refractivity contribution in [3.63, 3.8) is 0 Å². The zero-order valence-corrected chi connectivity index (χ0v) is 13.5. The number of amides is 1. The predicted octanol–water partition coefficient (Wildman–Crippen LogP) is 0.713. The summed E-state index contributed by atoms with van der Waals surface area (Å²) in [7, 11) is 1.60. The quantitative estimate of drug-likeness (QED) is 0.879. The Labute approximate surface area is 135 Å². The number of carbonyl (C=O) groups excluding carboxylic acids is 1. The van der Waals surface area contributed by atoms with Crippen LogP contribution in [0.3, 0.4) is 0 Å². The molecular weight excluding hydrogens is 296 g/mol. The fraction of sp³-hybridized carbons (Fsp3) is 0.500. The van der Waals surface area contributed by atoms with Crippen molar-refractivity contribution in [3.8, 4) is 5.75 Å². The topological polar surface area (TPSA) is 68.1 Å². The second-order valence-electron chi connectivity index (χ2n) is 5.53. The molecule has 1 saturated heterocycles. The lowest BCUT2D eigenvalue weighted by Crippen LogP contribution is -2.41. The predicted molar refractivity (Wildman–Crippen MR) is 86.1 cm³/mol. The van der Waals surface area contributed by atoms with E-state index >= 15 is 0 Å². The second-order valence-corrected chi connectivity index (χ2v) is 5.53. The van der Waals surface area contributed by atoms with Crippen LogP contribution in [0, 0.1) is 6.92 Å². The highest BCUT2D eigenvalue weighted by molar-refractivity contribution is 5.94. The van der Waals surface area contributed by atoms with Crippen LogP contribution in [0.4, 0.5) is 0 Å². The van der Waals surface area contributed by atoms with Crippen LogP contribution in [0.5, 0.6) is 5.75 Å². The summed E-state index contributed by atoms with van der Waals surface area (Å²) < 4.78 is 12.4. The second kappa shape index (κ2) is 6.97. The van der Waals surface area contributed by atoms with Gasteiger partial charge in [0.25, 0.3) is 5.91 Å². The van der Waals surface area contributed by atoms with Crippen molar-refractivity contribution < 1.29 is 14.3 Å². The summed E-state index contributed by atoms with van der Waals surface area (Å²) in [4.78, 5) is 19.3. The van der Waals surface area contributed by atoms with Gasteiger partial charge in [0.15, 0.2) is 11.4 Å². The Kier molecular flexibility index (Phi) is 4.78. The Hall–Kier alpha value is -2.12. The molecule has 1 amide bonds. The van der Waals surface area contributed by atoms with Gasteiger partial charge in [-0.05, 0) is 19.1 Å². The minimum absolute atomic E-state index is 0.114. The molecule has 1 N–H and O–H groups in total. The molecule has 124 valence electrons. The monoisotopic (exact) mass is 318 g/mol. The minimum atomic E-state index is -0.114. The van der Waals surface area contributed by atoms with Gasteiger partial charge in [-0.1, -0.05) is 0 Å². The maximum absolute atomic E-state index is 12.5. The van der Waals surface area contributed by atoms with Crippen LogP contribution in [0.2, 0.25) is 0 Å². The summed E-state index contributed by atoms with van der Waals surface area (Å²) in [5.41, 5.74) is 1.91. The number of hydrogen-bond acceptors (Lipinski definition) is 5. The molecule has 1 fully saturated rings. The van der Waals surface area contributed by atoms with Gasteiger partial charge in [-0.15, -0.1) is 0 Å². The number of morpholine rings is 1. The lowest BCUT2D eigenvalue weighted by Gasteiger charge is -2.26. The van der Waals surface area contributed by atoms with Gasteiger partial charge >= 0.3 is 0 Å². The average molecular weight is 318 g/mol. The number of aromatic nitrogens is 2. The molecule has 23 heavy (non-hydrogen) atoms. The van der Waals surface area contributed by atoms with Crippen molar-refractivity contribution in [2.45, 2.75) is 6.92 Å². The van der Waals surface area contributed by atoms with Gasteiger partial charge in [-0.25, -0.2) is 4.98 Å². The maximum atomic E-state index is 12.5. The average Bonchev–Trinajstić information content (AvgIpc) is 2.91. The zero-order chi connectivity index (χ0) is 16.2. The molecule has 2 aromatic heterocycles. The van der Waals surface area contributed by atoms with Crippen molar-refractivity contribution in [2.24, 2.45) is 0 Å². The number of aryl methyl sites for hydroxylation is 1. The molecule has 0 radical (unpaired) electrons. The third kappa shape index (κ3) is 3.30. The van der Waals surface area contributed by atoms with E-state index < -0.39 is 0 Å². The van der Waals surface area contributed by atoms with Crippen molar-refractivity contribution >= 4 is 11.6 Å². The highest BCUT2D eigenvalue weighted by Crippen LogP contribution is 2.21. The molecule has 1 aliphatic heterocycles. The van der Waals surface area contributed by atoms with E-state index in [1.165, 1.54) is 0 Å². The molecule has 2 aromatic rings. The first-order chi connectivity index (χ1) is 11.2. The highest BCUT2D eigenvalue weighted by Gasteiger charge is 2.18. The van der Waals surface area contributed by atoms with Crippen molar-refractivity contribution in [1.29, 1.82) is 0 Å². The fourth-order valence-electron chi connectivity index (χ4n) is 2.82. The number of nitrogens with one attached hydrogen (secondary N) is 1. The maximum Gasteiger partial charge on any atom is 0.270 e. The molecule has 1 aliphatic rings. The molecule has 0 aromatic carbocycles. The number of imidazole rings is 1. The molecule has 7 heteroatoms. The van der Waals surface area contributed by atoms with Gasteiger partial charge in [-0.2, -0.15) is 0 Å². The number of hydrogen-bond donors (Lipinski definition) is 1. The molecule has 0 bridgehead atoms. The van der Waals surface area contributed by atoms with E-state index in [0.29, 0.717) is 29.3 Å². The summed E-state index contributed by atoms with van der Waals surface area (Å²) >= 11 is 0. The Balaban J connectivity index is 1.69. The van der Waals surface area contributed by atoms with Crippen molar-refractivity contribution in [2.75, 3.05) is 46.5 Å². The number of nitrogens with zero attached hydrogens (tertiary/aromatic N) is 3. The van der Waals surface area contributed by atoms with E-state index in [0.717, 1.165) is 32.8 Å².